The smallest absolute Gasteiger partial charge is 0.430 e. The van der Waals surface area contributed by atoms with E-state index >= 15 is 0 Å². The van der Waals surface area contributed by atoms with Crippen LogP contribution in [0.2, 0.25) is 0 Å². The number of hydrogen-bond acceptors (Lipinski definition) is 8. The maximum absolute atomic E-state index is 13.9. The van der Waals surface area contributed by atoms with Crippen LogP contribution < -0.4 is 9.73 Å². The molecule has 2 aliphatic heterocycles. The van der Waals surface area contributed by atoms with Crippen molar-refractivity contribution in [1.82, 2.24) is 5.43 Å². The van der Waals surface area contributed by atoms with Gasteiger partial charge in [-0.05, 0) is 54.3 Å². The summed E-state index contributed by atoms with van der Waals surface area (Å²) in [6, 6.07) is 13.1. The molecular weight excluding hydrogens is 663 g/mol. The van der Waals surface area contributed by atoms with Gasteiger partial charge in [0.05, 0.1) is 16.6 Å². The van der Waals surface area contributed by atoms with E-state index in [2.05, 4.69) is 10.5 Å². The quantitative estimate of drug-likeness (QED) is 0.227. The maximum atomic E-state index is 13.9. The molecule has 0 radical (unpaired) electrons. The largest absolute Gasteiger partial charge is 0.460 e. The van der Waals surface area contributed by atoms with Crippen LogP contribution in [0.4, 0.5) is 36.4 Å². The lowest BCUT2D eigenvalue weighted by molar-refractivity contribution is -0.376. The third-order valence-electron chi connectivity index (χ3n) is 7.64. The van der Waals surface area contributed by atoms with Gasteiger partial charge >= 0.3 is 18.3 Å². The van der Waals surface area contributed by atoms with Crippen molar-refractivity contribution < 1.29 is 58.5 Å². The first kappa shape index (κ1) is 34.0. The van der Waals surface area contributed by atoms with Crippen LogP contribution in [-0.4, -0.2) is 50.0 Å². The highest BCUT2D eigenvalue weighted by Crippen LogP contribution is 2.51. The van der Waals surface area contributed by atoms with Crippen molar-refractivity contribution in [2.24, 2.45) is 5.10 Å². The average molecular weight is 690 g/mol. The Morgan fingerprint density at radius 2 is 1.66 bits per heavy atom. The number of rotatable bonds is 9. The van der Waals surface area contributed by atoms with E-state index in [-0.39, 0.29) is 49.4 Å². The third-order valence-corrected chi connectivity index (χ3v) is 9.52. The minimum absolute atomic E-state index is 0.00650. The van der Waals surface area contributed by atoms with Gasteiger partial charge in [0.25, 0.3) is 15.6 Å². The number of nitrogens with one attached hydrogen (secondary N) is 1. The molecule has 9 nitrogen and oxygen atoms in total. The molecule has 0 spiro atoms. The molecule has 47 heavy (non-hydrogen) atoms. The molecule has 2 N–H and O–H groups in total. The van der Waals surface area contributed by atoms with Gasteiger partial charge < -0.3 is 14.6 Å². The predicted octanol–water partition coefficient (Wildman–Crippen LogP) is 5.43. The zero-order valence-electron chi connectivity index (χ0n) is 24.1. The van der Waals surface area contributed by atoms with Gasteiger partial charge in [-0.25, -0.2) is 12.8 Å². The Balaban J connectivity index is 1.39. The highest BCUT2D eigenvalue weighted by molar-refractivity contribution is 7.92. The Hall–Kier alpha value is -4.38. The molecule has 0 saturated carbocycles. The van der Waals surface area contributed by atoms with Crippen molar-refractivity contribution in [2.75, 3.05) is 4.31 Å². The van der Waals surface area contributed by atoms with Crippen LogP contribution in [0.15, 0.2) is 82.8 Å². The fraction of sp³-hybridized carbons (Fsp3) is 0.333. The van der Waals surface area contributed by atoms with Crippen molar-refractivity contribution >= 4 is 27.6 Å². The highest BCUT2D eigenvalue weighted by Gasteiger charge is 2.71. The summed E-state index contributed by atoms with van der Waals surface area (Å²) in [5, 5.41) is 13.9. The van der Waals surface area contributed by atoms with E-state index in [0.717, 1.165) is 40.2 Å². The molecule has 0 amide bonds. The number of hydrogen-bond donors (Lipinski definition) is 2. The Morgan fingerprint density at radius 3 is 2.30 bits per heavy atom. The lowest BCUT2D eigenvalue weighted by Gasteiger charge is -2.40. The summed E-state index contributed by atoms with van der Waals surface area (Å²) in [6.45, 7) is 0.00650. The summed E-state index contributed by atoms with van der Waals surface area (Å²) < 4.78 is 135. The van der Waals surface area contributed by atoms with Crippen LogP contribution in [0.5, 0.6) is 0 Å². The van der Waals surface area contributed by atoms with E-state index in [1.807, 2.05) is 0 Å². The number of esters is 1. The van der Waals surface area contributed by atoms with Crippen molar-refractivity contribution in [3.05, 3.63) is 95.3 Å². The summed E-state index contributed by atoms with van der Waals surface area (Å²) in [6.07, 6.45) is -14.1. The fourth-order valence-electron chi connectivity index (χ4n) is 5.31. The fourth-order valence-corrected chi connectivity index (χ4v) is 7.04. The van der Waals surface area contributed by atoms with Gasteiger partial charge in [-0.15, -0.1) is 5.10 Å². The average Bonchev–Trinajstić information content (AvgIpc) is 3.45. The van der Waals surface area contributed by atoms with E-state index in [1.165, 1.54) is 0 Å². The number of aliphatic hydroxyl groups is 1. The van der Waals surface area contributed by atoms with Gasteiger partial charge in [-0.1, -0.05) is 42.5 Å². The predicted molar refractivity (Wildman–Crippen MR) is 152 cm³/mol. The molecule has 0 fully saturated rings. The van der Waals surface area contributed by atoms with Crippen LogP contribution in [0.3, 0.4) is 0 Å². The first-order chi connectivity index (χ1) is 22.0. The second-order valence-electron chi connectivity index (χ2n) is 10.8. The summed E-state index contributed by atoms with van der Waals surface area (Å²) in [5.74, 6) is -1.46. The number of carbonyl (C=O) groups excluding carboxylic acids is 1. The minimum atomic E-state index is -6.15. The standard InChI is InChI=1S/C30H26F7N3O6S/c31-21-8-11-23(12-9-21)47(43,44)40-22(15-25-38-39-26(46-25)16-27(41)45-17-18-4-2-1-3-5-18)10-6-19-14-20(7-13-24(19)40)28(42,29(32,33)34)30(35,36)37/h1-5,7-9,11-14,22,25,38,42H,6,10,15-17H2/t22-,25?/m0/s1. The number of benzene rings is 3. The summed E-state index contributed by atoms with van der Waals surface area (Å²) >= 11 is 0. The van der Waals surface area contributed by atoms with Gasteiger partial charge in [0.1, 0.15) is 18.8 Å². The number of alkyl halides is 6. The van der Waals surface area contributed by atoms with E-state index in [9.17, 15) is 49.1 Å². The highest BCUT2D eigenvalue weighted by atomic mass is 32.2. The van der Waals surface area contributed by atoms with Crippen molar-refractivity contribution in [3.8, 4) is 0 Å². The van der Waals surface area contributed by atoms with Crippen LogP contribution in [-0.2, 0) is 42.9 Å². The van der Waals surface area contributed by atoms with Gasteiger partial charge in [-0.3, -0.25) is 14.5 Å². The molecule has 3 aromatic carbocycles. The molecule has 2 atom stereocenters. The van der Waals surface area contributed by atoms with Crippen LogP contribution in [0.1, 0.15) is 36.0 Å². The van der Waals surface area contributed by atoms with Gasteiger partial charge in [-0.2, -0.15) is 26.3 Å². The molecule has 2 heterocycles. The first-order valence-corrected chi connectivity index (χ1v) is 15.4. The van der Waals surface area contributed by atoms with E-state index < -0.39 is 62.5 Å². The number of sulfonamides is 1. The molecule has 3 aromatic rings. The zero-order valence-corrected chi connectivity index (χ0v) is 24.9. The maximum Gasteiger partial charge on any atom is 0.430 e. The van der Waals surface area contributed by atoms with Crippen LogP contribution in [0.25, 0.3) is 0 Å². The number of carbonyl (C=O) groups is 1. The van der Waals surface area contributed by atoms with Crippen LogP contribution >= 0.6 is 0 Å². The summed E-state index contributed by atoms with van der Waals surface area (Å²) in [7, 11) is -4.59. The molecule has 17 heteroatoms. The Morgan fingerprint density at radius 1 is 1.00 bits per heavy atom. The molecule has 0 saturated heterocycles. The molecule has 0 aliphatic carbocycles. The van der Waals surface area contributed by atoms with Gasteiger partial charge in [0, 0.05) is 12.0 Å². The SMILES string of the molecule is O=C(CC1=NNC(C[C@@H]2CCc3cc(C(O)(C(F)(F)F)C(F)(F)F)ccc3N2S(=O)(=O)c2ccc(F)cc2)O1)OCc1ccccc1. The van der Waals surface area contributed by atoms with Crippen molar-refractivity contribution in [2.45, 2.75) is 67.4 Å². The Kier molecular flexibility index (Phi) is 9.16. The number of fused-ring (bicyclic) bond motifs is 1. The normalized spacial score (nSPS) is 18.6. The third kappa shape index (κ3) is 6.86. The number of hydrazone groups is 1. The second-order valence-corrected chi connectivity index (χ2v) is 12.6. The number of anilines is 1. The second kappa shape index (κ2) is 12.7. The van der Waals surface area contributed by atoms with Crippen LogP contribution in [0, 0.1) is 5.82 Å². The molecular formula is C30H26F7N3O6S. The molecule has 0 aromatic heterocycles. The molecule has 2 aliphatic rings. The number of aryl methyl sites for hydroxylation is 1. The van der Waals surface area contributed by atoms with Crippen molar-refractivity contribution in [1.29, 1.82) is 0 Å². The minimum Gasteiger partial charge on any atom is -0.460 e. The van der Waals surface area contributed by atoms with Gasteiger partial charge in [0.2, 0.25) is 5.90 Å². The molecule has 252 valence electrons. The molecule has 0 bridgehead atoms. The lowest BCUT2D eigenvalue weighted by Crippen LogP contribution is -2.54. The van der Waals surface area contributed by atoms with E-state index in [1.54, 1.807) is 30.3 Å². The summed E-state index contributed by atoms with van der Waals surface area (Å²) in [5.41, 5.74) is -3.82. The number of halogens is 7. The molecule has 1 unspecified atom stereocenters. The number of ether oxygens (including phenoxy) is 2. The van der Waals surface area contributed by atoms with Crippen molar-refractivity contribution in [3.63, 3.8) is 0 Å². The zero-order chi connectivity index (χ0) is 34.2. The first-order valence-electron chi connectivity index (χ1n) is 14.0. The van der Waals surface area contributed by atoms with E-state index in [0.29, 0.717) is 12.1 Å². The Bertz CT molecular complexity index is 1740. The monoisotopic (exact) mass is 689 g/mol. The molecule has 5 rings (SSSR count). The number of nitrogens with zero attached hydrogens (tertiary/aromatic N) is 2. The lowest BCUT2D eigenvalue weighted by atomic mass is 9.87. The topological polar surface area (TPSA) is 118 Å². The Labute approximate surface area is 263 Å². The van der Waals surface area contributed by atoms with Gasteiger partial charge in [0.15, 0.2) is 6.23 Å². The van der Waals surface area contributed by atoms with E-state index in [4.69, 9.17) is 9.47 Å². The summed E-state index contributed by atoms with van der Waals surface area (Å²) in [4.78, 5) is 11.9.